The van der Waals surface area contributed by atoms with Gasteiger partial charge in [0, 0.05) is 18.0 Å². The minimum absolute atomic E-state index is 0.784. The third-order valence-corrected chi connectivity index (χ3v) is 5.10. The van der Waals surface area contributed by atoms with Crippen molar-refractivity contribution in [3.8, 4) is 0 Å². The molecule has 2 heteroatoms. The third-order valence-electron chi connectivity index (χ3n) is 3.96. The van der Waals surface area contributed by atoms with Gasteiger partial charge in [-0.15, -0.1) is 11.8 Å². The van der Waals surface area contributed by atoms with Gasteiger partial charge in [0.25, 0.3) is 0 Å². The molecule has 1 aromatic rings. The first kappa shape index (κ1) is 11.6. The standard InChI is InChI=1S/C15H21NS/c1-11-7-13-10-16(2)9-12-5-3-4-6-17-14(8-11)15(12)13/h7-8,12H,3-6,9-10H2,1-2H3. The van der Waals surface area contributed by atoms with Crippen molar-refractivity contribution in [2.45, 2.75) is 43.5 Å². The molecular weight excluding hydrogens is 226 g/mol. The van der Waals surface area contributed by atoms with Crippen LogP contribution >= 0.6 is 11.8 Å². The summed E-state index contributed by atoms with van der Waals surface area (Å²) < 4.78 is 0. The van der Waals surface area contributed by atoms with Crippen molar-refractivity contribution in [2.24, 2.45) is 0 Å². The molecule has 2 heterocycles. The first-order valence-electron chi connectivity index (χ1n) is 6.69. The third kappa shape index (κ3) is 2.25. The summed E-state index contributed by atoms with van der Waals surface area (Å²) in [4.78, 5) is 4.07. The molecule has 2 aliphatic heterocycles. The molecule has 0 aromatic heterocycles. The number of benzene rings is 1. The Kier molecular flexibility index (Phi) is 3.18. The second kappa shape index (κ2) is 4.66. The number of likely N-dealkylation sites (N-methyl/N-ethyl adjacent to an activating group) is 1. The molecule has 1 unspecified atom stereocenters. The van der Waals surface area contributed by atoms with Gasteiger partial charge in [-0.3, -0.25) is 0 Å². The Morgan fingerprint density at radius 2 is 2.18 bits per heavy atom. The van der Waals surface area contributed by atoms with E-state index in [2.05, 4.69) is 42.8 Å². The van der Waals surface area contributed by atoms with Gasteiger partial charge in [0.2, 0.25) is 0 Å². The monoisotopic (exact) mass is 247 g/mol. The van der Waals surface area contributed by atoms with Crippen LogP contribution in [0.2, 0.25) is 0 Å². The number of nitrogens with zero attached hydrogens (tertiary/aromatic N) is 1. The fourth-order valence-electron chi connectivity index (χ4n) is 3.28. The van der Waals surface area contributed by atoms with Gasteiger partial charge in [0.1, 0.15) is 0 Å². The summed E-state index contributed by atoms with van der Waals surface area (Å²) in [5, 5.41) is 0. The number of aryl methyl sites for hydroxylation is 1. The van der Waals surface area contributed by atoms with Crippen LogP contribution in [0.15, 0.2) is 17.0 Å². The van der Waals surface area contributed by atoms with Gasteiger partial charge >= 0.3 is 0 Å². The smallest absolute Gasteiger partial charge is 0.0234 e. The number of hydrogen-bond acceptors (Lipinski definition) is 2. The molecule has 1 aromatic carbocycles. The molecule has 92 valence electrons. The highest BCUT2D eigenvalue weighted by Crippen LogP contribution is 2.41. The Morgan fingerprint density at radius 3 is 3.06 bits per heavy atom. The van der Waals surface area contributed by atoms with Gasteiger partial charge < -0.3 is 4.90 Å². The van der Waals surface area contributed by atoms with Crippen molar-refractivity contribution in [3.05, 3.63) is 28.8 Å². The lowest BCUT2D eigenvalue weighted by Gasteiger charge is -2.35. The first-order chi connectivity index (χ1) is 8.24. The van der Waals surface area contributed by atoms with Crippen LogP contribution in [0.5, 0.6) is 0 Å². The molecule has 1 atom stereocenters. The predicted octanol–water partition coefficient (Wildman–Crippen LogP) is 3.80. The summed E-state index contributed by atoms with van der Waals surface area (Å²) in [6.07, 6.45) is 4.17. The SMILES string of the molecule is Cc1cc2c3c(c1)SCCCCC3CN(C)C2. The number of thioether (sulfide) groups is 1. The minimum Gasteiger partial charge on any atom is -0.301 e. The Labute approximate surface area is 109 Å². The van der Waals surface area contributed by atoms with Gasteiger partial charge in [-0.2, -0.15) is 0 Å². The van der Waals surface area contributed by atoms with Crippen molar-refractivity contribution in [1.29, 1.82) is 0 Å². The molecule has 0 saturated heterocycles. The molecule has 0 fully saturated rings. The molecule has 0 amide bonds. The highest BCUT2D eigenvalue weighted by atomic mass is 32.2. The van der Waals surface area contributed by atoms with Crippen LogP contribution in [0.4, 0.5) is 0 Å². The zero-order valence-corrected chi connectivity index (χ0v) is 11.6. The van der Waals surface area contributed by atoms with Crippen molar-refractivity contribution in [2.75, 3.05) is 19.3 Å². The van der Waals surface area contributed by atoms with E-state index in [0.717, 1.165) is 12.5 Å². The van der Waals surface area contributed by atoms with Crippen LogP contribution in [-0.4, -0.2) is 24.2 Å². The Bertz CT molecular complexity index is 410. The lowest BCUT2D eigenvalue weighted by Crippen LogP contribution is -2.31. The summed E-state index contributed by atoms with van der Waals surface area (Å²) in [5.41, 5.74) is 4.72. The molecule has 3 rings (SSSR count). The highest BCUT2D eigenvalue weighted by Gasteiger charge is 2.27. The molecule has 2 aliphatic rings. The first-order valence-corrected chi connectivity index (χ1v) is 7.67. The van der Waals surface area contributed by atoms with Gasteiger partial charge in [0.15, 0.2) is 0 Å². The number of hydrogen-bond donors (Lipinski definition) is 0. The zero-order valence-electron chi connectivity index (χ0n) is 10.8. The molecule has 17 heavy (non-hydrogen) atoms. The number of rotatable bonds is 0. The summed E-state index contributed by atoms with van der Waals surface area (Å²) in [6, 6.07) is 4.82. The van der Waals surface area contributed by atoms with Crippen LogP contribution in [0.3, 0.4) is 0 Å². The van der Waals surface area contributed by atoms with Crippen LogP contribution in [0.1, 0.15) is 41.9 Å². The van der Waals surface area contributed by atoms with E-state index in [1.54, 1.807) is 16.0 Å². The molecule has 0 radical (unpaired) electrons. The van der Waals surface area contributed by atoms with E-state index in [0.29, 0.717) is 0 Å². The lowest BCUT2D eigenvalue weighted by molar-refractivity contribution is 0.269. The summed E-state index contributed by atoms with van der Waals surface area (Å²) >= 11 is 2.09. The average molecular weight is 247 g/mol. The predicted molar refractivity (Wildman–Crippen MR) is 74.8 cm³/mol. The van der Waals surface area contributed by atoms with E-state index < -0.39 is 0 Å². The van der Waals surface area contributed by atoms with E-state index in [4.69, 9.17) is 0 Å². The van der Waals surface area contributed by atoms with E-state index in [9.17, 15) is 0 Å². The molecule has 0 N–H and O–H groups in total. The molecule has 0 aliphatic carbocycles. The fraction of sp³-hybridized carbons (Fsp3) is 0.600. The van der Waals surface area contributed by atoms with Gasteiger partial charge in [-0.1, -0.05) is 12.5 Å². The topological polar surface area (TPSA) is 3.24 Å². The molecular formula is C15H21NS. The van der Waals surface area contributed by atoms with E-state index in [1.165, 1.54) is 37.1 Å². The largest absolute Gasteiger partial charge is 0.301 e. The van der Waals surface area contributed by atoms with Crippen molar-refractivity contribution >= 4 is 11.8 Å². The maximum Gasteiger partial charge on any atom is 0.0234 e. The summed E-state index contributed by atoms with van der Waals surface area (Å²) in [6.45, 7) is 4.63. The van der Waals surface area contributed by atoms with E-state index >= 15 is 0 Å². The fourth-order valence-corrected chi connectivity index (χ4v) is 4.57. The van der Waals surface area contributed by atoms with Crippen molar-refractivity contribution in [1.82, 2.24) is 4.90 Å². The van der Waals surface area contributed by atoms with Crippen LogP contribution in [0.25, 0.3) is 0 Å². The van der Waals surface area contributed by atoms with Crippen molar-refractivity contribution < 1.29 is 0 Å². The summed E-state index contributed by atoms with van der Waals surface area (Å²) in [5.74, 6) is 2.09. The summed E-state index contributed by atoms with van der Waals surface area (Å²) in [7, 11) is 2.26. The average Bonchev–Trinajstić information content (AvgIpc) is 2.23. The Balaban J connectivity index is 2.10. The zero-order chi connectivity index (χ0) is 11.8. The van der Waals surface area contributed by atoms with E-state index in [1.807, 2.05) is 0 Å². The quantitative estimate of drug-likeness (QED) is 0.686. The molecule has 0 spiro atoms. The maximum absolute atomic E-state index is 2.49. The van der Waals surface area contributed by atoms with Gasteiger partial charge in [0.05, 0.1) is 0 Å². The van der Waals surface area contributed by atoms with Gasteiger partial charge in [-0.25, -0.2) is 0 Å². The minimum atomic E-state index is 0.784. The lowest BCUT2D eigenvalue weighted by atomic mass is 9.85. The van der Waals surface area contributed by atoms with E-state index in [-0.39, 0.29) is 0 Å². The highest BCUT2D eigenvalue weighted by molar-refractivity contribution is 7.99. The molecule has 1 nitrogen and oxygen atoms in total. The van der Waals surface area contributed by atoms with Gasteiger partial charge in [-0.05, 0) is 61.2 Å². The molecule has 0 saturated carbocycles. The van der Waals surface area contributed by atoms with Crippen LogP contribution in [0, 0.1) is 6.92 Å². The second-order valence-electron chi connectivity index (χ2n) is 5.57. The van der Waals surface area contributed by atoms with Crippen LogP contribution in [-0.2, 0) is 6.54 Å². The van der Waals surface area contributed by atoms with Crippen molar-refractivity contribution in [3.63, 3.8) is 0 Å². The maximum atomic E-state index is 2.49. The van der Waals surface area contributed by atoms with Crippen LogP contribution < -0.4 is 0 Å². The normalized spacial score (nSPS) is 24.9. The second-order valence-corrected chi connectivity index (χ2v) is 6.71. The Hall–Kier alpha value is -0.470. The Morgan fingerprint density at radius 1 is 1.29 bits per heavy atom. The molecule has 0 bridgehead atoms.